The molecule has 2 unspecified atom stereocenters. The van der Waals surface area contributed by atoms with E-state index in [1.165, 1.54) is 13.8 Å². The molecule has 1 aliphatic rings. The van der Waals surface area contributed by atoms with Gasteiger partial charge in [-0.1, -0.05) is 94.0 Å². The largest absolute Gasteiger partial charge is 0.481 e. The molecule has 7 atom stereocenters. The zero-order valence-electron chi connectivity index (χ0n) is 40.4. The molecule has 1 fully saturated rings. The van der Waals surface area contributed by atoms with Crippen LogP contribution in [0.25, 0.3) is 11.2 Å². The zero-order chi connectivity index (χ0) is 53.4. The first-order valence-corrected chi connectivity index (χ1v) is 28.6. The number of ketones is 1. The van der Waals surface area contributed by atoms with Gasteiger partial charge in [0.25, 0.3) is 0 Å². The summed E-state index contributed by atoms with van der Waals surface area (Å²) in [7, 11) is -16.5. The summed E-state index contributed by atoms with van der Waals surface area (Å²) in [5.74, 6) is -1.45. The lowest BCUT2D eigenvalue weighted by molar-refractivity contribution is -0.137. The summed E-state index contributed by atoms with van der Waals surface area (Å²) in [6.45, 7) is 2.42. The Morgan fingerprint density at radius 2 is 1.51 bits per heavy atom. The number of nitrogens with one attached hydrogen (secondary N) is 2. The number of phosphoric ester groups is 3. The maximum atomic E-state index is 12.8. The van der Waals surface area contributed by atoms with Crippen molar-refractivity contribution in [2.24, 2.45) is 5.41 Å². The predicted octanol–water partition coefficient (Wildman–Crippen LogP) is 4.77. The molecule has 29 heteroatoms. The summed E-state index contributed by atoms with van der Waals surface area (Å²) in [6, 6.07) is 0. The Balaban J connectivity index is 1.28. The van der Waals surface area contributed by atoms with Crippen molar-refractivity contribution in [2.45, 2.75) is 128 Å². The molecule has 0 aliphatic carbocycles. The van der Waals surface area contributed by atoms with Crippen LogP contribution in [0.4, 0.5) is 5.82 Å². The van der Waals surface area contributed by atoms with Gasteiger partial charge in [0.1, 0.15) is 42.0 Å². The number of aromatic nitrogens is 4. The molecule has 2 amide bonds. The van der Waals surface area contributed by atoms with E-state index >= 15 is 0 Å². The topological polar surface area (TPSA) is 381 Å². The maximum Gasteiger partial charge on any atom is 0.481 e. The molecule has 3 heterocycles. The molecule has 0 aromatic carbocycles. The molecule has 0 spiro atoms. The Morgan fingerprint density at radius 3 is 2.18 bits per heavy atom. The number of nitrogens with zero attached hydrogens (tertiary/aromatic N) is 4. The number of aliphatic hydroxyl groups is 2. The van der Waals surface area contributed by atoms with Crippen LogP contribution in [0.2, 0.25) is 0 Å². The van der Waals surface area contributed by atoms with Crippen molar-refractivity contribution < 1.29 is 85.3 Å². The summed E-state index contributed by atoms with van der Waals surface area (Å²) in [6.07, 6.45) is 18.8. The molecule has 10 N–H and O–H groups in total. The number of anilines is 1. The molecular weight excluding hydrogens is 1030 g/mol. The van der Waals surface area contributed by atoms with Crippen molar-refractivity contribution in [1.29, 1.82) is 0 Å². The number of carbonyl (C=O) groups is 4. The Morgan fingerprint density at radius 1 is 0.875 bits per heavy atom. The van der Waals surface area contributed by atoms with Gasteiger partial charge in [0, 0.05) is 37.1 Å². The minimum atomic E-state index is -5.60. The first-order chi connectivity index (χ1) is 33.9. The van der Waals surface area contributed by atoms with E-state index in [2.05, 4.69) is 90.0 Å². The van der Waals surface area contributed by atoms with Crippen LogP contribution in [-0.2, 0) is 55.5 Å². The van der Waals surface area contributed by atoms with Crippen molar-refractivity contribution in [1.82, 2.24) is 30.2 Å². The number of nitrogen functional groups attached to an aromatic ring is 1. The Hall–Kier alpha value is -3.81. The van der Waals surface area contributed by atoms with Crippen molar-refractivity contribution in [2.75, 3.05) is 37.8 Å². The Labute approximate surface area is 421 Å². The highest BCUT2D eigenvalue weighted by Gasteiger charge is 2.50. The van der Waals surface area contributed by atoms with Gasteiger partial charge in [-0.2, -0.15) is 4.31 Å². The molecule has 0 bridgehead atoms. The summed E-state index contributed by atoms with van der Waals surface area (Å²) in [5.41, 5.74) is 4.24. The number of aliphatic hydroxyl groups excluding tert-OH is 2. The number of hydrogen-bond donors (Lipinski definition) is 9. The van der Waals surface area contributed by atoms with Gasteiger partial charge in [-0.05, 0) is 44.9 Å². The maximum absolute atomic E-state index is 12.8. The Kier molecular flexibility index (Phi) is 27.0. The van der Waals surface area contributed by atoms with Gasteiger partial charge >= 0.3 is 23.5 Å². The molecule has 404 valence electrons. The van der Waals surface area contributed by atoms with Crippen LogP contribution in [0.1, 0.15) is 104 Å². The van der Waals surface area contributed by atoms with Gasteiger partial charge < -0.3 is 50.9 Å². The summed E-state index contributed by atoms with van der Waals surface area (Å²) in [4.78, 5) is 101. The average molecular weight is 1100 g/mol. The van der Waals surface area contributed by atoms with E-state index in [0.717, 1.165) is 80.4 Å². The fourth-order valence-corrected chi connectivity index (χ4v) is 10.2. The lowest BCUT2D eigenvalue weighted by atomic mass is 9.87. The standard InChI is InChI=1S/C43H68N7O18P3S/c1-4-5-6-7-8-9-10-11-12-13-14-15-16-17-18-19-20-21-31(51)26-34(53)72-25-24-45-33(52)22-23-46-41(56)38(55)43(2,3)28-65-71(62,63)68-70(60,61)64-27-32-37(67-69(57,58)59)36(54)42(66-32)50-30-49-35-39(44)47-29-48-40(35)50/h5-6,8-9,11-12,14-15,29-30,32,36-38,42,54-55H,4,7,10,13,16-28H2,1-3H3,(H,45,52)(H,46,56)(H,60,61)(H,62,63)(H2,44,47,48)(H2,57,58,59)/b6-5-,9-8-,12-11-,15-14-/t32-,36+,37+,38-,42-/m0/s1. The third-order valence-corrected chi connectivity index (χ3v) is 14.4. The van der Waals surface area contributed by atoms with Crippen molar-refractivity contribution in [3.8, 4) is 0 Å². The number of imidazole rings is 1. The van der Waals surface area contributed by atoms with Crippen LogP contribution >= 0.6 is 35.2 Å². The first-order valence-electron chi connectivity index (χ1n) is 23.1. The number of phosphoric acid groups is 3. The van der Waals surface area contributed by atoms with Crippen LogP contribution in [0.5, 0.6) is 0 Å². The number of rotatable bonds is 35. The van der Waals surface area contributed by atoms with E-state index < -0.39 is 84.6 Å². The van der Waals surface area contributed by atoms with Gasteiger partial charge in [0.05, 0.1) is 26.0 Å². The summed E-state index contributed by atoms with van der Waals surface area (Å²) in [5, 5.41) is 26.2. The molecule has 0 saturated carbocycles. The zero-order valence-corrected chi connectivity index (χ0v) is 43.9. The molecule has 25 nitrogen and oxygen atoms in total. The number of Topliss-reactive ketones (excluding diaryl/α,β-unsaturated/α-hetero) is 1. The molecule has 0 radical (unpaired) electrons. The van der Waals surface area contributed by atoms with E-state index in [1.807, 2.05) is 0 Å². The number of unbranched alkanes of at least 4 members (excludes halogenated alkanes) is 4. The minimum Gasteiger partial charge on any atom is -0.386 e. The summed E-state index contributed by atoms with van der Waals surface area (Å²) < 4.78 is 62.4. The molecule has 1 saturated heterocycles. The fourth-order valence-electron chi connectivity index (χ4n) is 6.63. The molecule has 2 aromatic rings. The lowest BCUT2D eigenvalue weighted by Gasteiger charge is -2.30. The molecule has 72 heavy (non-hydrogen) atoms. The van der Waals surface area contributed by atoms with E-state index in [9.17, 15) is 62.7 Å². The Bertz CT molecular complexity index is 2340. The number of ether oxygens (including phenoxy) is 1. The van der Waals surface area contributed by atoms with Crippen molar-refractivity contribution >= 4 is 74.9 Å². The quantitative estimate of drug-likeness (QED) is 0.0194. The molecule has 1 aliphatic heterocycles. The van der Waals surface area contributed by atoms with E-state index in [4.69, 9.17) is 19.5 Å². The number of amides is 2. The third-order valence-electron chi connectivity index (χ3n) is 10.4. The van der Waals surface area contributed by atoms with Crippen molar-refractivity contribution in [3.63, 3.8) is 0 Å². The van der Waals surface area contributed by atoms with Crippen LogP contribution in [-0.4, -0.2) is 128 Å². The molecular formula is C43H68N7O18P3S. The first kappa shape index (κ1) is 62.5. The van der Waals surface area contributed by atoms with Crippen LogP contribution < -0.4 is 16.4 Å². The highest BCUT2D eigenvalue weighted by atomic mass is 32.2. The monoisotopic (exact) mass is 1100 g/mol. The number of hydrogen-bond acceptors (Lipinski definition) is 19. The third kappa shape index (κ3) is 23.6. The smallest absolute Gasteiger partial charge is 0.386 e. The molecule has 2 aromatic heterocycles. The molecule has 3 rings (SSSR count). The van der Waals surface area contributed by atoms with E-state index in [-0.39, 0.29) is 59.6 Å². The second-order valence-electron chi connectivity index (χ2n) is 17.0. The number of allylic oxidation sites excluding steroid dienone is 8. The summed E-state index contributed by atoms with van der Waals surface area (Å²) >= 11 is 0.925. The van der Waals surface area contributed by atoms with E-state index in [0.29, 0.717) is 12.8 Å². The fraction of sp³-hybridized carbons (Fsp3) is 0.605. The highest BCUT2D eigenvalue weighted by Crippen LogP contribution is 2.61. The minimum absolute atomic E-state index is 0.0240. The van der Waals surface area contributed by atoms with Crippen LogP contribution in [0.15, 0.2) is 61.3 Å². The number of fused-ring (bicyclic) bond motifs is 1. The van der Waals surface area contributed by atoms with Crippen LogP contribution in [0.3, 0.4) is 0 Å². The normalized spacial score (nSPS) is 19.9. The SMILES string of the molecule is CC/C=C\C/C=C\C/C=C\C/C=C\CCCCCCC(=O)CC(=O)SCCNC(=O)CCNC(=O)[C@H](O)C(C)(C)COP(=O)(O)OP(=O)(O)OC[C@@H]1O[C@H](n2cnc3c(N)ncnc32)[C@H](O)[C@@H]1OP(=O)(O)O. The van der Waals surface area contributed by atoms with Gasteiger partial charge in [0.15, 0.2) is 22.8 Å². The highest BCUT2D eigenvalue weighted by molar-refractivity contribution is 8.13. The average Bonchev–Trinajstić information content (AvgIpc) is 3.86. The van der Waals surface area contributed by atoms with Gasteiger partial charge in [-0.3, -0.25) is 37.3 Å². The number of thioether (sulfide) groups is 1. The second kappa shape index (κ2) is 31.2. The van der Waals surface area contributed by atoms with Crippen LogP contribution in [0, 0.1) is 5.41 Å². The predicted molar refractivity (Wildman–Crippen MR) is 265 cm³/mol. The van der Waals surface area contributed by atoms with Gasteiger partial charge in [-0.15, -0.1) is 0 Å². The number of nitrogens with two attached hydrogens (primary N) is 1. The lowest BCUT2D eigenvalue weighted by Crippen LogP contribution is -2.46. The van der Waals surface area contributed by atoms with Gasteiger partial charge in [0.2, 0.25) is 11.8 Å². The van der Waals surface area contributed by atoms with Crippen molar-refractivity contribution in [3.05, 3.63) is 61.3 Å². The number of carbonyl (C=O) groups excluding carboxylic acids is 4. The second-order valence-corrected chi connectivity index (χ2v) is 22.3. The van der Waals surface area contributed by atoms with Gasteiger partial charge in [-0.25, -0.2) is 28.6 Å². The van der Waals surface area contributed by atoms with E-state index in [1.54, 1.807) is 0 Å².